The number of hydrogen-bond acceptors (Lipinski definition) is 6. The number of alkyl halides is 3. The molecule has 212 valence electrons. The summed E-state index contributed by atoms with van der Waals surface area (Å²) in [6.45, 7) is 8.65. The Kier molecular flexibility index (Phi) is 7.90. The van der Waals surface area contributed by atoms with Gasteiger partial charge in [0.25, 0.3) is 0 Å². The van der Waals surface area contributed by atoms with Crippen LogP contribution in [0.5, 0.6) is 5.75 Å². The molecule has 2 saturated heterocycles. The van der Waals surface area contributed by atoms with Crippen molar-refractivity contribution in [2.24, 2.45) is 5.92 Å². The minimum absolute atomic E-state index is 0.0342. The van der Waals surface area contributed by atoms with Crippen LogP contribution in [-0.4, -0.2) is 66.6 Å². The van der Waals surface area contributed by atoms with Gasteiger partial charge in [0.05, 0.1) is 16.9 Å². The van der Waals surface area contributed by atoms with Crippen molar-refractivity contribution in [1.82, 2.24) is 9.80 Å². The standard InChI is InChI=1S/C28H33ClF4N4O2/c1-18(35-21-3-5-26(23(29)15-21)39-28(31,32)33)37-10-6-19(7-11-37)25(38)16-36-12-8-27(9-13-36)17-34-24-4-2-20(30)14-22(24)27/h2-5,14-15,19,25,34-35,38H,1,6-13,16-17H2. The molecule has 3 aliphatic heterocycles. The number of piperidine rings is 2. The van der Waals surface area contributed by atoms with Crippen molar-refractivity contribution < 1.29 is 27.4 Å². The monoisotopic (exact) mass is 568 g/mol. The van der Waals surface area contributed by atoms with Gasteiger partial charge in [-0.1, -0.05) is 18.2 Å². The molecule has 0 aliphatic carbocycles. The van der Waals surface area contributed by atoms with Gasteiger partial charge in [0.2, 0.25) is 0 Å². The Morgan fingerprint density at radius 1 is 1.15 bits per heavy atom. The number of hydrogen-bond donors (Lipinski definition) is 3. The number of likely N-dealkylation sites (tertiary alicyclic amines) is 2. The first kappa shape index (κ1) is 27.9. The van der Waals surface area contributed by atoms with Gasteiger partial charge < -0.3 is 30.3 Å². The highest BCUT2D eigenvalue weighted by molar-refractivity contribution is 6.32. The van der Waals surface area contributed by atoms with E-state index in [2.05, 4.69) is 31.7 Å². The summed E-state index contributed by atoms with van der Waals surface area (Å²) in [5.41, 5.74) is 2.58. The first-order chi connectivity index (χ1) is 18.5. The van der Waals surface area contributed by atoms with Crippen LogP contribution in [0.1, 0.15) is 31.2 Å². The van der Waals surface area contributed by atoms with Crippen molar-refractivity contribution in [3.63, 3.8) is 0 Å². The third kappa shape index (κ3) is 6.39. The molecule has 11 heteroatoms. The van der Waals surface area contributed by atoms with Gasteiger partial charge in [-0.05, 0) is 86.7 Å². The van der Waals surface area contributed by atoms with Gasteiger partial charge in [0.15, 0.2) is 0 Å². The SMILES string of the molecule is C=C(Nc1ccc(OC(F)(F)F)c(Cl)c1)N1CCC(C(O)CN2CCC3(CC2)CNc2ccc(F)cc23)CC1. The van der Waals surface area contributed by atoms with Crippen molar-refractivity contribution in [2.45, 2.75) is 43.6 Å². The van der Waals surface area contributed by atoms with E-state index in [4.69, 9.17) is 11.6 Å². The second-order valence-electron chi connectivity index (χ2n) is 10.8. The minimum Gasteiger partial charge on any atom is -0.404 e. The average molecular weight is 569 g/mol. The third-order valence-corrected chi connectivity index (χ3v) is 8.64. The highest BCUT2D eigenvalue weighted by atomic mass is 35.5. The Morgan fingerprint density at radius 2 is 1.87 bits per heavy atom. The van der Waals surface area contributed by atoms with Gasteiger partial charge in [0, 0.05) is 43.0 Å². The lowest BCUT2D eigenvalue weighted by Gasteiger charge is -2.42. The Hall–Kier alpha value is -2.69. The number of nitrogens with zero attached hydrogens (tertiary/aromatic N) is 2. The quantitative estimate of drug-likeness (QED) is 0.368. The van der Waals surface area contributed by atoms with Crippen molar-refractivity contribution >= 4 is 23.0 Å². The molecule has 39 heavy (non-hydrogen) atoms. The molecule has 0 saturated carbocycles. The number of halogens is 5. The number of rotatable bonds is 7. The van der Waals surface area contributed by atoms with Crippen LogP contribution >= 0.6 is 11.6 Å². The minimum atomic E-state index is -4.81. The van der Waals surface area contributed by atoms with Crippen LogP contribution in [0.25, 0.3) is 0 Å². The van der Waals surface area contributed by atoms with E-state index in [-0.39, 0.29) is 22.2 Å². The predicted octanol–water partition coefficient (Wildman–Crippen LogP) is 5.79. The molecule has 0 radical (unpaired) electrons. The summed E-state index contributed by atoms with van der Waals surface area (Å²) in [7, 11) is 0. The fourth-order valence-corrected chi connectivity index (χ4v) is 6.30. The fourth-order valence-electron chi connectivity index (χ4n) is 6.08. The summed E-state index contributed by atoms with van der Waals surface area (Å²) < 4.78 is 55.2. The summed E-state index contributed by atoms with van der Waals surface area (Å²) in [5.74, 6) is 0.127. The summed E-state index contributed by atoms with van der Waals surface area (Å²) in [4.78, 5) is 4.38. The number of anilines is 2. The van der Waals surface area contributed by atoms with Crippen LogP contribution in [-0.2, 0) is 5.41 Å². The molecule has 3 heterocycles. The molecular formula is C28H33ClF4N4O2. The summed E-state index contributed by atoms with van der Waals surface area (Å²) >= 11 is 5.94. The second-order valence-corrected chi connectivity index (χ2v) is 11.2. The molecule has 2 aromatic rings. The number of β-amino-alcohol motifs (C(OH)–C–C–N with tert-alkyl or cyclic N) is 1. The van der Waals surface area contributed by atoms with Crippen LogP contribution in [0.4, 0.5) is 28.9 Å². The summed E-state index contributed by atoms with van der Waals surface area (Å²) in [6, 6.07) is 8.97. The highest BCUT2D eigenvalue weighted by Crippen LogP contribution is 2.44. The van der Waals surface area contributed by atoms with E-state index >= 15 is 0 Å². The number of aliphatic hydroxyl groups is 1. The van der Waals surface area contributed by atoms with E-state index < -0.39 is 18.2 Å². The van der Waals surface area contributed by atoms with Gasteiger partial charge in [-0.15, -0.1) is 13.2 Å². The maximum absolute atomic E-state index is 13.9. The molecule has 6 nitrogen and oxygen atoms in total. The molecule has 3 N–H and O–H groups in total. The van der Waals surface area contributed by atoms with Crippen LogP contribution < -0.4 is 15.4 Å². The van der Waals surface area contributed by atoms with Crippen LogP contribution in [0.15, 0.2) is 48.8 Å². The second kappa shape index (κ2) is 11.1. The van der Waals surface area contributed by atoms with Crippen molar-refractivity contribution in [3.8, 4) is 5.75 Å². The first-order valence-electron chi connectivity index (χ1n) is 13.2. The molecule has 1 atom stereocenters. The largest absolute Gasteiger partial charge is 0.573 e. The highest BCUT2D eigenvalue weighted by Gasteiger charge is 2.42. The molecule has 5 rings (SSSR count). The Labute approximate surface area is 230 Å². The number of ether oxygens (including phenoxy) is 1. The molecule has 0 bridgehead atoms. The Balaban J connectivity index is 1.07. The van der Waals surface area contributed by atoms with Crippen molar-refractivity contribution in [1.29, 1.82) is 0 Å². The Bertz CT molecular complexity index is 1190. The molecule has 2 aromatic carbocycles. The van der Waals surface area contributed by atoms with E-state index in [0.29, 0.717) is 31.1 Å². The van der Waals surface area contributed by atoms with E-state index in [1.165, 1.54) is 18.2 Å². The van der Waals surface area contributed by atoms with Gasteiger partial charge >= 0.3 is 6.36 Å². The van der Waals surface area contributed by atoms with E-state index in [1.54, 1.807) is 6.07 Å². The molecule has 0 amide bonds. The molecular weight excluding hydrogens is 536 g/mol. The zero-order valence-electron chi connectivity index (χ0n) is 21.5. The van der Waals surface area contributed by atoms with Crippen LogP contribution in [0, 0.1) is 11.7 Å². The zero-order valence-corrected chi connectivity index (χ0v) is 22.3. The topological polar surface area (TPSA) is 60.0 Å². The Morgan fingerprint density at radius 3 is 2.54 bits per heavy atom. The maximum Gasteiger partial charge on any atom is 0.573 e. The first-order valence-corrected chi connectivity index (χ1v) is 13.6. The van der Waals surface area contributed by atoms with E-state index in [1.807, 2.05) is 6.07 Å². The normalized spacial score (nSPS) is 20.4. The average Bonchev–Trinajstić information content (AvgIpc) is 3.23. The van der Waals surface area contributed by atoms with Crippen LogP contribution in [0.3, 0.4) is 0 Å². The molecule has 1 unspecified atom stereocenters. The van der Waals surface area contributed by atoms with Crippen LogP contribution in [0.2, 0.25) is 5.02 Å². The number of fused-ring (bicyclic) bond motifs is 2. The lowest BCUT2D eigenvalue weighted by Crippen LogP contribution is -2.48. The number of benzene rings is 2. The van der Waals surface area contributed by atoms with Gasteiger partial charge in [-0.2, -0.15) is 0 Å². The molecule has 1 spiro atoms. The van der Waals surface area contributed by atoms with Gasteiger partial charge in [-0.25, -0.2) is 4.39 Å². The summed E-state index contributed by atoms with van der Waals surface area (Å²) in [6.07, 6.45) is -1.78. The molecule has 3 aliphatic rings. The lowest BCUT2D eigenvalue weighted by molar-refractivity contribution is -0.274. The summed E-state index contributed by atoms with van der Waals surface area (Å²) in [5, 5.41) is 17.4. The zero-order chi connectivity index (χ0) is 27.8. The van der Waals surface area contributed by atoms with Crippen molar-refractivity contribution in [3.05, 3.63) is 65.2 Å². The van der Waals surface area contributed by atoms with E-state index in [0.717, 1.165) is 62.6 Å². The number of nitrogens with one attached hydrogen (secondary N) is 2. The number of aliphatic hydroxyl groups excluding tert-OH is 1. The van der Waals surface area contributed by atoms with Gasteiger partial charge in [0.1, 0.15) is 11.6 Å². The van der Waals surface area contributed by atoms with Gasteiger partial charge in [-0.3, -0.25) is 0 Å². The fraction of sp³-hybridized carbons (Fsp3) is 0.500. The maximum atomic E-state index is 13.9. The smallest absolute Gasteiger partial charge is 0.404 e. The van der Waals surface area contributed by atoms with E-state index in [9.17, 15) is 22.7 Å². The third-order valence-electron chi connectivity index (χ3n) is 8.34. The molecule has 2 fully saturated rings. The molecule has 0 aromatic heterocycles. The lowest BCUT2D eigenvalue weighted by atomic mass is 9.74. The van der Waals surface area contributed by atoms with Crippen molar-refractivity contribution in [2.75, 3.05) is 49.9 Å². The predicted molar refractivity (Wildman–Crippen MR) is 143 cm³/mol.